The second-order valence-corrected chi connectivity index (χ2v) is 8.25. The Kier molecular flexibility index (Phi) is 5.84. The normalized spacial score (nSPS) is 11.4. The van der Waals surface area contributed by atoms with Crippen LogP contribution < -0.4 is 16.7 Å². The third-order valence-corrected chi connectivity index (χ3v) is 5.60. The number of rotatable bonds is 6. The highest BCUT2D eigenvalue weighted by atomic mass is 35.5. The molecule has 0 spiro atoms. The fourth-order valence-corrected chi connectivity index (χ4v) is 3.85. The lowest BCUT2D eigenvalue weighted by Gasteiger charge is -2.16. The van der Waals surface area contributed by atoms with E-state index in [0.29, 0.717) is 16.6 Å². The van der Waals surface area contributed by atoms with Crippen molar-refractivity contribution in [3.8, 4) is 0 Å². The highest BCUT2D eigenvalue weighted by molar-refractivity contribution is 6.34. The van der Waals surface area contributed by atoms with E-state index in [1.807, 2.05) is 0 Å². The van der Waals surface area contributed by atoms with E-state index < -0.39 is 35.4 Å². The van der Waals surface area contributed by atoms with Gasteiger partial charge in [-0.2, -0.15) is 10.1 Å². The maximum absolute atomic E-state index is 13.9. The van der Waals surface area contributed by atoms with E-state index in [9.17, 15) is 22.8 Å². The SMILES string of the molecule is Cn1cc2cc(Nc3nc(=O)n(Cc4cocn4)c(=O)n3Cc3cc(F)c(F)c(F)c3)c(Cl)cc2n1. The van der Waals surface area contributed by atoms with E-state index in [2.05, 4.69) is 20.4 Å². The number of aryl methyl sites for hydroxylation is 1. The third-order valence-electron chi connectivity index (χ3n) is 5.29. The summed E-state index contributed by atoms with van der Waals surface area (Å²) >= 11 is 6.37. The van der Waals surface area contributed by atoms with Crippen LogP contribution >= 0.6 is 11.6 Å². The summed E-state index contributed by atoms with van der Waals surface area (Å²) in [6.07, 6.45) is 4.11. The third kappa shape index (κ3) is 4.35. The van der Waals surface area contributed by atoms with Crippen LogP contribution in [0.4, 0.5) is 24.8 Å². The molecule has 0 unspecified atom stereocenters. The molecule has 10 nitrogen and oxygen atoms in total. The summed E-state index contributed by atoms with van der Waals surface area (Å²) in [4.78, 5) is 34.0. The van der Waals surface area contributed by atoms with Gasteiger partial charge in [-0.3, -0.25) is 9.25 Å². The zero-order valence-corrected chi connectivity index (χ0v) is 19.1. The number of nitrogens with one attached hydrogen (secondary N) is 1. The van der Waals surface area contributed by atoms with Crippen LogP contribution in [0.1, 0.15) is 11.3 Å². The molecule has 0 fully saturated rings. The summed E-state index contributed by atoms with van der Waals surface area (Å²) in [5.74, 6) is -4.75. The predicted octanol–water partition coefficient (Wildman–Crippen LogP) is 3.19. The van der Waals surface area contributed by atoms with Crippen molar-refractivity contribution >= 4 is 34.1 Å². The van der Waals surface area contributed by atoms with Crippen molar-refractivity contribution in [2.75, 3.05) is 5.32 Å². The highest BCUT2D eigenvalue weighted by Gasteiger charge is 2.18. The topological polar surface area (TPSA) is 113 Å². The number of hydrogen-bond acceptors (Lipinski definition) is 7. The van der Waals surface area contributed by atoms with Crippen molar-refractivity contribution in [2.45, 2.75) is 13.1 Å². The summed E-state index contributed by atoms with van der Waals surface area (Å²) in [6, 6.07) is 4.71. The van der Waals surface area contributed by atoms with Crippen LogP contribution in [-0.4, -0.2) is 28.9 Å². The summed E-state index contributed by atoms with van der Waals surface area (Å²) < 4.78 is 49.4. The maximum Gasteiger partial charge on any atom is 0.355 e. The number of nitrogens with zero attached hydrogens (tertiary/aromatic N) is 6. The minimum atomic E-state index is -1.64. The lowest BCUT2D eigenvalue weighted by Crippen LogP contribution is -2.43. The average Bonchev–Trinajstić information content (AvgIpc) is 3.46. The maximum atomic E-state index is 13.9. The molecule has 0 amide bonds. The van der Waals surface area contributed by atoms with Crippen LogP contribution in [0, 0.1) is 17.5 Å². The van der Waals surface area contributed by atoms with Gasteiger partial charge in [-0.25, -0.2) is 32.3 Å². The van der Waals surface area contributed by atoms with Crippen LogP contribution in [0.2, 0.25) is 5.02 Å². The van der Waals surface area contributed by atoms with E-state index >= 15 is 0 Å². The molecule has 2 aromatic carbocycles. The molecule has 0 aliphatic rings. The number of benzene rings is 2. The molecule has 3 aromatic heterocycles. The molecule has 0 radical (unpaired) electrons. The number of hydrogen-bond donors (Lipinski definition) is 1. The van der Waals surface area contributed by atoms with Crippen molar-refractivity contribution in [1.29, 1.82) is 0 Å². The molecule has 5 rings (SSSR count). The van der Waals surface area contributed by atoms with Gasteiger partial charge >= 0.3 is 11.4 Å². The standard InChI is InChI=1S/C22H15ClF3N7O3/c1-31-7-12-4-18(14(23)5-17(12)30-31)28-20-29-21(34)33(8-13-9-36-10-27-13)22(35)32(20)6-11-2-15(24)19(26)16(25)3-11/h2-5,7,9-10H,6,8H2,1H3,(H,28,29,34). The van der Waals surface area contributed by atoms with E-state index in [0.717, 1.165) is 27.7 Å². The van der Waals surface area contributed by atoms with E-state index in [1.165, 1.54) is 6.26 Å². The summed E-state index contributed by atoms with van der Waals surface area (Å²) in [7, 11) is 1.73. The molecule has 3 heterocycles. The molecular weight excluding hydrogens is 503 g/mol. The first-order valence-corrected chi connectivity index (χ1v) is 10.7. The Labute approximate surface area is 204 Å². The molecule has 14 heteroatoms. The minimum absolute atomic E-state index is 0.0845. The van der Waals surface area contributed by atoms with Crippen LogP contribution in [-0.2, 0) is 20.1 Å². The first-order chi connectivity index (χ1) is 17.2. The smallest absolute Gasteiger partial charge is 0.355 e. The Bertz CT molecular complexity index is 1700. The van der Waals surface area contributed by atoms with Crippen molar-refractivity contribution < 1.29 is 17.6 Å². The lowest BCUT2D eigenvalue weighted by molar-refractivity contribution is 0.444. The van der Waals surface area contributed by atoms with Crippen molar-refractivity contribution in [2.24, 2.45) is 7.05 Å². The van der Waals surface area contributed by atoms with Gasteiger partial charge in [-0.05, 0) is 29.8 Å². The number of halogens is 4. The molecule has 0 saturated heterocycles. The molecule has 0 saturated carbocycles. The molecular formula is C22H15ClF3N7O3. The van der Waals surface area contributed by atoms with Gasteiger partial charge in [0.2, 0.25) is 5.95 Å². The predicted molar refractivity (Wildman–Crippen MR) is 123 cm³/mol. The van der Waals surface area contributed by atoms with E-state index in [-0.39, 0.29) is 28.8 Å². The summed E-state index contributed by atoms with van der Waals surface area (Å²) in [5, 5.41) is 8.03. The van der Waals surface area contributed by atoms with E-state index in [4.69, 9.17) is 16.0 Å². The van der Waals surface area contributed by atoms with Crippen molar-refractivity contribution in [3.63, 3.8) is 0 Å². The zero-order chi connectivity index (χ0) is 25.6. The highest BCUT2D eigenvalue weighted by Crippen LogP contribution is 2.29. The van der Waals surface area contributed by atoms with Gasteiger partial charge in [0, 0.05) is 18.6 Å². The van der Waals surface area contributed by atoms with Crippen LogP contribution in [0.5, 0.6) is 0 Å². The number of fused-ring (bicyclic) bond motifs is 1. The monoisotopic (exact) mass is 517 g/mol. The molecule has 36 heavy (non-hydrogen) atoms. The summed E-state index contributed by atoms with van der Waals surface area (Å²) in [5.41, 5.74) is -0.700. The van der Waals surface area contributed by atoms with E-state index in [1.54, 1.807) is 30.1 Å². The van der Waals surface area contributed by atoms with Crippen LogP contribution in [0.3, 0.4) is 0 Å². The quantitative estimate of drug-likeness (QED) is 0.344. The van der Waals surface area contributed by atoms with Crippen LogP contribution in [0.25, 0.3) is 10.9 Å². The fourth-order valence-electron chi connectivity index (χ4n) is 3.65. The molecule has 0 aliphatic heterocycles. The average molecular weight is 518 g/mol. The molecule has 0 bridgehead atoms. The Morgan fingerprint density at radius 3 is 2.50 bits per heavy atom. The Balaban J connectivity index is 1.64. The zero-order valence-electron chi connectivity index (χ0n) is 18.4. The number of anilines is 2. The number of aromatic nitrogens is 6. The van der Waals surface area contributed by atoms with Gasteiger partial charge in [-0.1, -0.05) is 11.6 Å². The van der Waals surface area contributed by atoms with Crippen molar-refractivity contribution in [1.82, 2.24) is 28.9 Å². The fraction of sp³-hybridized carbons (Fsp3) is 0.136. The molecule has 184 valence electrons. The van der Waals surface area contributed by atoms with Gasteiger partial charge in [0.1, 0.15) is 6.26 Å². The van der Waals surface area contributed by atoms with Gasteiger partial charge in [-0.15, -0.1) is 0 Å². The first-order valence-electron chi connectivity index (χ1n) is 10.3. The van der Waals surface area contributed by atoms with Gasteiger partial charge < -0.3 is 9.73 Å². The second kappa shape index (κ2) is 9.00. The van der Waals surface area contributed by atoms with Crippen LogP contribution in [0.15, 0.2) is 57.1 Å². The second-order valence-electron chi connectivity index (χ2n) is 7.84. The minimum Gasteiger partial charge on any atom is -0.451 e. The Morgan fingerprint density at radius 2 is 1.81 bits per heavy atom. The summed E-state index contributed by atoms with van der Waals surface area (Å²) in [6.45, 7) is -0.718. The Morgan fingerprint density at radius 1 is 1.06 bits per heavy atom. The lowest BCUT2D eigenvalue weighted by atomic mass is 10.2. The van der Waals surface area contributed by atoms with Gasteiger partial charge in [0.15, 0.2) is 23.8 Å². The molecule has 1 N–H and O–H groups in total. The largest absolute Gasteiger partial charge is 0.451 e. The molecule has 0 aliphatic carbocycles. The van der Waals surface area contributed by atoms with Crippen molar-refractivity contribution in [3.05, 3.63) is 97.8 Å². The molecule has 5 aromatic rings. The number of oxazole rings is 1. The van der Waals surface area contributed by atoms with Gasteiger partial charge in [0.05, 0.1) is 35.0 Å². The Hall–Kier alpha value is -4.39. The molecule has 0 atom stereocenters. The van der Waals surface area contributed by atoms with Gasteiger partial charge in [0.25, 0.3) is 0 Å². The first kappa shape index (κ1) is 23.4.